The van der Waals surface area contributed by atoms with Gasteiger partial charge in [0.1, 0.15) is 0 Å². The average Bonchev–Trinajstić information content (AvgIpc) is 2.96. The van der Waals surface area contributed by atoms with Crippen molar-refractivity contribution in [3.05, 3.63) is 12.2 Å². The summed E-state index contributed by atoms with van der Waals surface area (Å²) in [5.41, 5.74) is 0. The number of unbranched alkanes of at least 4 members (excludes halogenated alkanes) is 26. The zero-order chi connectivity index (χ0) is 29.9. The van der Waals surface area contributed by atoms with Gasteiger partial charge < -0.3 is 9.84 Å². The number of ether oxygens (including phenoxy) is 1. The molecule has 0 unspecified atom stereocenters. The fraction of sp³-hybridized carbons (Fsp3) is 0.892. The lowest BCUT2D eigenvalue weighted by Gasteiger charge is -2.06. The minimum absolute atomic E-state index is 0.00200. The molecule has 0 fully saturated rings. The Morgan fingerprint density at radius 2 is 0.805 bits per heavy atom. The predicted molar refractivity (Wildman–Crippen MR) is 177 cm³/mol. The topological polar surface area (TPSA) is 63.6 Å². The molecule has 0 radical (unpaired) electrons. The number of carboxylic acids is 1. The number of esters is 1. The van der Waals surface area contributed by atoms with E-state index in [1.165, 1.54) is 154 Å². The van der Waals surface area contributed by atoms with Crippen LogP contribution in [0.1, 0.15) is 206 Å². The number of aliphatic carboxylic acids is 1. The predicted octanol–water partition coefficient (Wildman–Crippen LogP) is 12.3. The molecule has 4 heteroatoms. The zero-order valence-corrected chi connectivity index (χ0v) is 27.5. The summed E-state index contributed by atoms with van der Waals surface area (Å²) in [6.07, 6.45) is 42.2. The molecular weight excluding hydrogens is 508 g/mol. The summed E-state index contributed by atoms with van der Waals surface area (Å²) in [6.45, 7) is 2.85. The summed E-state index contributed by atoms with van der Waals surface area (Å²) in [5.74, 6) is -0.658. The van der Waals surface area contributed by atoms with Crippen molar-refractivity contribution in [2.75, 3.05) is 6.61 Å². The fourth-order valence-electron chi connectivity index (χ4n) is 5.44. The van der Waals surface area contributed by atoms with E-state index in [0.717, 1.165) is 32.1 Å². The molecule has 0 aromatic heterocycles. The zero-order valence-electron chi connectivity index (χ0n) is 27.5. The van der Waals surface area contributed by atoms with Crippen LogP contribution in [0.4, 0.5) is 0 Å². The van der Waals surface area contributed by atoms with Crippen LogP contribution in [0.5, 0.6) is 0 Å². The smallest absolute Gasteiger partial charge is 0.305 e. The second-order valence-electron chi connectivity index (χ2n) is 12.4. The normalized spacial score (nSPS) is 11.4. The second-order valence-corrected chi connectivity index (χ2v) is 12.4. The summed E-state index contributed by atoms with van der Waals surface area (Å²) >= 11 is 0. The Morgan fingerprint density at radius 1 is 0.463 bits per heavy atom. The molecule has 0 aliphatic rings. The Balaban J connectivity index is 3.15. The van der Waals surface area contributed by atoms with Crippen LogP contribution in [0.3, 0.4) is 0 Å². The van der Waals surface area contributed by atoms with Crippen LogP contribution < -0.4 is 0 Å². The molecule has 41 heavy (non-hydrogen) atoms. The highest BCUT2D eigenvalue weighted by Crippen LogP contribution is 2.15. The van der Waals surface area contributed by atoms with Gasteiger partial charge in [-0.1, -0.05) is 167 Å². The summed E-state index contributed by atoms with van der Waals surface area (Å²) in [5, 5.41) is 8.63. The van der Waals surface area contributed by atoms with Gasteiger partial charge in [0.05, 0.1) is 6.61 Å². The number of carbonyl (C=O) groups excluding carboxylic acids is 1. The summed E-state index contributed by atoms with van der Waals surface area (Å²) in [7, 11) is 0. The van der Waals surface area contributed by atoms with Crippen molar-refractivity contribution in [1.82, 2.24) is 0 Å². The lowest BCUT2D eigenvalue weighted by atomic mass is 10.0. The third-order valence-corrected chi connectivity index (χ3v) is 8.19. The maximum absolute atomic E-state index is 11.9. The largest absolute Gasteiger partial charge is 0.481 e. The first-order valence-corrected chi connectivity index (χ1v) is 18.2. The van der Waals surface area contributed by atoms with Crippen LogP contribution in [-0.4, -0.2) is 23.7 Å². The maximum atomic E-state index is 11.9. The molecule has 0 rings (SSSR count). The van der Waals surface area contributed by atoms with Crippen LogP contribution >= 0.6 is 0 Å². The van der Waals surface area contributed by atoms with Crippen LogP contribution in [-0.2, 0) is 14.3 Å². The summed E-state index contributed by atoms with van der Waals surface area (Å²) in [6, 6.07) is 0. The van der Waals surface area contributed by atoms with E-state index in [9.17, 15) is 9.59 Å². The van der Waals surface area contributed by atoms with Crippen LogP contribution in [0.25, 0.3) is 0 Å². The van der Waals surface area contributed by atoms with Crippen LogP contribution in [0, 0.1) is 0 Å². The summed E-state index contributed by atoms with van der Waals surface area (Å²) < 4.78 is 5.42. The van der Waals surface area contributed by atoms with Gasteiger partial charge in [0.2, 0.25) is 0 Å². The van der Waals surface area contributed by atoms with Gasteiger partial charge >= 0.3 is 11.9 Å². The summed E-state index contributed by atoms with van der Waals surface area (Å²) in [4.78, 5) is 22.4. The SMILES string of the molecule is CCCC/C=C\CCCCCCCC(=O)OCCCCCCCCCCCCCCCCCCCCCCC(=O)O. The van der Waals surface area contributed by atoms with Crippen molar-refractivity contribution < 1.29 is 19.4 Å². The molecule has 0 saturated heterocycles. The molecule has 0 aliphatic heterocycles. The van der Waals surface area contributed by atoms with Crippen LogP contribution in [0.2, 0.25) is 0 Å². The number of carbonyl (C=O) groups is 2. The van der Waals surface area contributed by atoms with Gasteiger partial charge in [-0.15, -0.1) is 0 Å². The highest BCUT2D eigenvalue weighted by Gasteiger charge is 2.03. The number of carboxylic acid groups (broad SMARTS) is 1. The molecule has 0 saturated carbocycles. The molecular formula is C37H70O4. The average molecular weight is 579 g/mol. The van der Waals surface area contributed by atoms with E-state index in [1.807, 2.05) is 0 Å². The maximum Gasteiger partial charge on any atom is 0.305 e. The molecule has 0 aliphatic carbocycles. The molecule has 0 atom stereocenters. The Bertz CT molecular complexity index is 571. The van der Waals surface area contributed by atoms with E-state index in [0.29, 0.717) is 19.4 Å². The van der Waals surface area contributed by atoms with E-state index < -0.39 is 5.97 Å². The molecule has 0 amide bonds. The van der Waals surface area contributed by atoms with Gasteiger partial charge in [-0.05, 0) is 38.5 Å². The monoisotopic (exact) mass is 579 g/mol. The van der Waals surface area contributed by atoms with Crippen molar-refractivity contribution in [2.45, 2.75) is 206 Å². The van der Waals surface area contributed by atoms with Gasteiger partial charge in [-0.3, -0.25) is 9.59 Å². The lowest BCUT2D eigenvalue weighted by Crippen LogP contribution is -2.05. The van der Waals surface area contributed by atoms with Crippen LogP contribution in [0.15, 0.2) is 12.2 Å². The number of allylic oxidation sites excluding steroid dienone is 2. The number of hydrogen-bond donors (Lipinski definition) is 1. The van der Waals surface area contributed by atoms with Crippen molar-refractivity contribution >= 4 is 11.9 Å². The van der Waals surface area contributed by atoms with E-state index in [1.54, 1.807) is 0 Å². The molecule has 0 aromatic rings. The Morgan fingerprint density at radius 3 is 1.22 bits per heavy atom. The van der Waals surface area contributed by atoms with Gasteiger partial charge in [-0.2, -0.15) is 0 Å². The highest BCUT2D eigenvalue weighted by atomic mass is 16.5. The molecule has 0 bridgehead atoms. The first-order chi connectivity index (χ1) is 20.2. The number of hydrogen-bond acceptors (Lipinski definition) is 3. The van der Waals surface area contributed by atoms with Crippen molar-refractivity contribution in [2.24, 2.45) is 0 Å². The Kier molecular flexibility index (Phi) is 33.8. The quantitative estimate of drug-likeness (QED) is 0.0468. The van der Waals surface area contributed by atoms with Crippen molar-refractivity contribution in [3.63, 3.8) is 0 Å². The minimum atomic E-state index is -0.660. The molecule has 1 N–H and O–H groups in total. The molecule has 4 nitrogen and oxygen atoms in total. The fourth-order valence-corrected chi connectivity index (χ4v) is 5.44. The van der Waals surface area contributed by atoms with Gasteiger partial charge in [0.25, 0.3) is 0 Å². The minimum Gasteiger partial charge on any atom is -0.481 e. The standard InChI is InChI=1S/C37H70O4/c1-2-3-4-5-6-7-18-22-25-28-31-34-37(40)41-35-32-29-26-23-20-17-15-13-11-9-8-10-12-14-16-19-21-24-27-30-33-36(38)39/h5-6H,2-4,7-35H2,1H3,(H,38,39)/b6-5-. The van der Waals surface area contributed by atoms with E-state index >= 15 is 0 Å². The number of rotatable bonds is 34. The van der Waals surface area contributed by atoms with E-state index in [2.05, 4.69) is 19.1 Å². The molecule has 242 valence electrons. The third-order valence-electron chi connectivity index (χ3n) is 8.19. The van der Waals surface area contributed by atoms with Gasteiger partial charge in [-0.25, -0.2) is 0 Å². The van der Waals surface area contributed by atoms with E-state index in [4.69, 9.17) is 9.84 Å². The molecule has 0 heterocycles. The first-order valence-electron chi connectivity index (χ1n) is 18.2. The van der Waals surface area contributed by atoms with Gasteiger partial charge in [0, 0.05) is 12.8 Å². The highest BCUT2D eigenvalue weighted by molar-refractivity contribution is 5.69. The van der Waals surface area contributed by atoms with Crippen molar-refractivity contribution in [1.29, 1.82) is 0 Å². The Hall–Kier alpha value is -1.32. The first kappa shape index (κ1) is 39.7. The molecule has 0 spiro atoms. The Labute approximate surface area is 255 Å². The van der Waals surface area contributed by atoms with E-state index in [-0.39, 0.29) is 5.97 Å². The van der Waals surface area contributed by atoms with Gasteiger partial charge in [0.15, 0.2) is 0 Å². The lowest BCUT2D eigenvalue weighted by molar-refractivity contribution is -0.144. The third kappa shape index (κ3) is 36.7. The molecule has 0 aromatic carbocycles. The second kappa shape index (κ2) is 34.9. The van der Waals surface area contributed by atoms with Crippen molar-refractivity contribution in [3.8, 4) is 0 Å².